The van der Waals surface area contributed by atoms with Crippen LogP contribution in [0.25, 0.3) is 0 Å². The van der Waals surface area contributed by atoms with Crippen LogP contribution in [0.15, 0.2) is 28.8 Å². The highest BCUT2D eigenvalue weighted by molar-refractivity contribution is 6.31. The molecule has 4 nitrogen and oxygen atoms in total. The van der Waals surface area contributed by atoms with Gasteiger partial charge in [-0.1, -0.05) is 35.0 Å². The smallest absolute Gasteiger partial charge is 0.255 e. The maximum Gasteiger partial charge on any atom is 0.255 e. The van der Waals surface area contributed by atoms with Crippen LogP contribution in [0.2, 0.25) is 5.02 Å². The van der Waals surface area contributed by atoms with Crippen molar-refractivity contribution in [2.45, 2.75) is 25.4 Å². The van der Waals surface area contributed by atoms with Gasteiger partial charge in [0, 0.05) is 18.1 Å². The second-order valence-electron chi connectivity index (χ2n) is 4.32. The molecule has 1 aromatic heterocycles. The number of ether oxygens (including phenoxy) is 1. The number of rotatable bonds is 3. The van der Waals surface area contributed by atoms with E-state index in [1.165, 1.54) is 0 Å². The molecule has 1 aliphatic rings. The monoisotopic (exact) mass is 264 g/mol. The van der Waals surface area contributed by atoms with Gasteiger partial charge in [-0.25, -0.2) is 0 Å². The van der Waals surface area contributed by atoms with Crippen LogP contribution >= 0.6 is 11.6 Å². The first-order chi connectivity index (χ1) is 8.83. The molecule has 5 heteroatoms. The van der Waals surface area contributed by atoms with Crippen molar-refractivity contribution in [3.8, 4) is 0 Å². The summed E-state index contributed by atoms with van der Waals surface area (Å²) in [4.78, 5) is 4.37. The van der Waals surface area contributed by atoms with Crippen LogP contribution in [-0.4, -0.2) is 16.7 Å². The molecule has 0 N–H and O–H groups in total. The van der Waals surface area contributed by atoms with E-state index in [1.54, 1.807) is 0 Å². The Morgan fingerprint density at radius 1 is 1.33 bits per heavy atom. The van der Waals surface area contributed by atoms with Gasteiger partial charge in [-0.15, -0.1) is 0 Å². The number of halogens is 1. The number of hydrogen-bond donors (Lipinski definition) is 0. The molecule has 3 rings (SSSR count). The second kappa shape index (κ2) is 5.08. The summed E-state index contributed by atoms with van der Waals surface area (Å²) in [5.41, 5.74) is 0.999. The molecule has 1 aliphatic heterocycles. The zero-order chi connectivity index (χ0) is 12.4. The molecular formula is C13H13ClN2O2. The van der Waals surface area contributed by atoms with Crippen LogP contribution in [-0.2, 0) is 11.2 Å². The zero-order valence-electron chi connectivity index (χ0n) is 9.80. The second-order valence-corrected chi connectivity index (χ2v) is 4.73. The fourth-order valence-electron chi connectivity index (χ4n) is 2.05. The molecule has 1 aromatic carbocycles. The van der Waals surface area contributed by atoms with Crippen molar-refractivity contribution in [2.75, 3.05) is 6.61 Å². The van der Waals surface area contributed by atoms with Crippen LogP contribution in [0.3, 0.4) is 0 Å². The van der Waals surface area contributed by atoms with E-state index in [-0.39, 0.29) is 6.10 Å². The number of nitrogens with zero attached hydrogens (tertiary/aromatic N) is 2. The Bertz CT molecular complexity index is 535. The van der Waals surface area contributed by atoms with Crippen molar-refractivity contribution in [3.63, 3.8) is 0 Å². The quantitative estimate of drug-likeness (QED) is 0.854. The minimum absolute atomic E-state index is 0.0301. The van der Waals surface area contributed by atoms with Gasteiger partial charge < -0.3 is 9.26 Å². The topological polar surface area (TPSA) is 48.2 Å². The van der Waals surface area contributed by atoms with Crippen LogP contribution < -0.4 is 0 Å². The van der Waals surface area contributed by atoms with E-state index in [4.69, 9.17) is 20.9 Å². The van der Waals surface area contributed by atoms with Crippen molar-refractivity contribution >= 4 is 11.6 Å². The van der Waals surface area contributed by atoms with E-state index in [0.717, 1.165) is 30.0 Å². The molecular weight excluding hydrogens is 252 g/mol. The van der Waals surface area contributed by atoms with Gasteiger partial charge in [0.05, 0.1) is 0 Å². The molecule has 0 unspecified atom stereocenters. The first-order valence-electron chi connectivity index (χ1n) is 6.00. The first kappa shape index (κ1) is 11.7. The van der Waals surface area contributed by atoms with E-state index in [1.807, 2.05) is 24.3 Å². The highest BCUT2D eigenvalue weighted by Gasteiger charge is 2.23. The Hall–Kier alpha value is -1.39. The normalized spacial score (nSPS) is 19.3. The molecule has 0 aliphatic carbocycles. The predicted molar refractivity (Wildman–Crippen MR) is 66.5 cm³/mol. The lowest BCUT2D eigenvalue weighted by atomic mass is 10.1. The van der Waals surface area contributed by atoms with Crippen molar-refractivity contribution in [3.05, 3.63) is 46.6 Å². The maximum absolute atomic E-state index is 6.10. The van der Waals surface area contributed by atoms with E-state index >= 15 is 0 Å². The van der Waals surface area contributed by atoms with Gasteiger partial charge in [0.2, 0.25) is 0 Å². The van der Waals surface area contributed by atoms with Gasteiger partial charge in [0.15, 0.2) is 5.82 Å². The van der Waals surface area contributed by atoms with E-state index in [2.05, 4.69) is 10.1 Å². The Balaban J connectivity index is 1.75. The molecule has 2 aromatic rings. The molecule has 1 fully saturated rings. The lowest BCUT2D eigenvalue weighted by Gasteiger charge is -2.01. The SMILES string of the molecule is Clc1ccccc1Cc1noc([C@@H]2CCCO2)n1. The summed E-state index contributed by atoms with van der Waals surface area (Å²) in [6, 6.07) is 7.67. The first-order valence-corrected chi connectivity index (χ1v) is 6.38. The highest BCUT2D eigenvalue weighted by Crippen LogP contribution is 2.27. The Kier molecular flexibility index (Phi) is 3.30. The number of aromatic nitrogens is 2. The van der Waals surface area contributed by atoms with Crippen LogP contribution in [0.5, 0.6) is 0 Å². The van der Waals surface area contributed by atoms with Crippen LogP contribution in [0, 0.1) is 0 Å². The molecule has 0 radical (unpaired) electrons. The summed E-state index contributed by atoms with van der Waals surface area (Å²) in [5, 5.41) is 4.70. The van der Waals surface area contributed by atoms with Gasteiger partial charge in [0.25, 0.3) is 5.89 Å². The summed E-state index contributed by atoms with van der Waals surface area (Å²) in [6.07, 6.45) is 2.55. The summed E-state index contributed by atoms with van der Waals surface area (Å²) in [7, 11) is 0. The van der Waals surface area contributed by atoms with E-state index in [9.17, 15) is 0 Å². The summed E-state index contributed by atoms with van der Waals surface area (Å²) in [6.45, 7) is 0.771. The molecule has 0 bridgehead atoms. The van der Waals surface area contributed by atoms with E-state index < -0.39 is 0 Å². The van der Waals surface area contributed by atoms with Gasteiger partial charge >= 0.3 is 0 Å². The third-order valence-corrected chi connectivity index (χ3v) is 3.36. The standard InChI is InChI=1S/C13H13ClN2O2/c14-10-5-2-1-4-9(10)8-12-15-13(18-16-12)11-6-3-7-17-11/h1-2,4-5,11H,3,6-8H2/t11-/m0/s1. The molecule has 94 valence electrons. The summed E-state index contributed by atoms with van der Waals surface area (Å²) in [5.74, 6) is 1.23. The Morgan fingerprint density at radius 3 is 3.00 bits per heavy atom. The third kappa shape index (κ3) is 2.40. The van der Waals surface area contributed by atoms with Crippen molar-refractivity contribution in [1.29, 1.82) is 0 Å². The van der Waals surface area contributed by atoms with Crippen LogP contribution in [0.1, 0.15) is 36.2 Å². The fourth-order valence-corrected chi connectivity index (χ4v) is 2.26. The number of hydrogen-bond acceptors (Lipinski definition) is 4. The minimum atomic E-state index is -0.0301. The largest absolute Gasteiger partial charge is 0.368 e. The van der Waals surface area contributed by atoms with Gasteiger partial charge in [0.1, 0.15) is 6.10 Å². The minimum Gasteiger partial charge on any atom is -0.368 e. The van der Waals surface area contributed by atoms with Crippen molar-refractivity contribution < 1.29 is 9.26 Å². The Morgan fingerprint density at radius 2 is 2.22 bits per heavy atom. The molecule has 0 spiro atoms. The molecule has 0 saturated carbocycles. The maximum atomic E-state index is 6.10. The summed E-state index contributed by atoms with van der Waals surface area (Å²) < 4.78 is 10.7. The zero-order valence-corrected chi connectivity index (χ0v) is 10.6. The van der Waals surface area contributed by atoms with Crippen molar-refractivity contribution in [1.82, 2.24) is 10.1 Å². The molecule has 2 heterocycles. The molecule has 0 amide bonds. The third-order valence-electron chi connectivity index (χ3n) is 3.00. The lowest BCUT2D eigenvalue weighted by molar-refractivity contribution is 0.0835. The van der Waals surface area contributed by atoms with Crippen LogP contribution in [0.4, 0.5) is 0 Å². The van der Waals surface area contributed by atoms with Gasteiger partial charge in [-0.2, -0.15) is 4.98 Å². The Labute approximate surface area is 110 Å². The summed E-state index contributed by atoms with van der Waals surface area (Å²) >= 11 is 6.10. The predicted octanol–water partition coefficient (Wildman–Crippen LogP) is 3.17. The lowest BCUT2D eigenvalue weighted by Crippen LogP contribution is -1.97. The highest BCUT2D eigenvalue weighted by atomic mass is 35.5. The number of benzene rings is 1. The average molecular weight is 265 g/mol. The molecule has 1 atom stereocenters. The fraction of sp³-hybridized carbons (Fsp3) is 0.385. The van der Waals surface area contributed by atoms with Crippen molar-refractivity contribution in [2.24, 2.45) is 0 Å². The van der Waals surface area contributed by atoms with Gasteiger partial charge in [-0.3, -0.25) is 0 Å². The molecule has 18 heavy (non-hydrogen) atoms. The van der Waals surface area contributed by atoms with E-state index in [0.29, 0.717) is 18.1 Å². The van der Waals surface area contributed by atoms with Gasteiger partial charge in [-0.05, 0) is 24.5 Å². The molecule has 1 saturated heterocycles. The average Bonchev–Trinajstić information content (AvgIpc) is 3.02.